The Bertz CT molecular complexity index is 172. The molecule has 3 nitrogen and oxygen atoms in total. The molecule has 4 heteroatoms. The van der Waals surface area contributed by atoms with Gasteiger partial charge in [0.15, 0.2) is 0 Å². The first-order chi connectivity index (χ1) is 4.55. The van der Waals surface area contributed by atoms with Crippen LogP contribution in [0, 0.1) is 5.92 Å². The van der Waals surface area contributed by atoms with E-state index in [1.54, 1.807) is 6.92 Å². The molecule has 0 radical (unpaired) electrons. The molecule has 0 N–H and O–H groups in total. The second kappa shape index (κ2) is 2.48. The van der Waals surface area contributed by atoms with Crippen LogP contribution in [0.4, 0.5) is 0 Å². The summed E-state index contributed by atoms with van der Waals surface area (Å²) in [5, 5.41) is 0. The van der Waals surface area contributed by atoms with Gasteiger partial charge in [0.25, 0.3) is 0 Å². The van der Waals surface area contributed by atoms with Crippen LogP contribution in [0.15, 0.2) is 0 Å². The highest BCUT2D eigenvalue weighted by Crippen LogP contribution is 2.24. The Kier molecular flexibility index (Phi) is 1.98. The topological polar surface area (TPSA) is 37.4 Å². The monoisotopic (exact) mass is 253 g/mol. The van der Waals surface area contributed by atoms with E-state index in [1.807, 2.05) is 22.6 Å². The van der Waals surface area contributed by atoms with Crippen molar-refractivity contribution in [1.29, 1.82) is 0 Å². The van der Waals surface area contributed by atoms with E-state index in [-0.39, 0.29) is 21.7 Å². The fraction of sp³-hybridized carbons (Fsp3) is 0.667. The minimum Gasteiger partial charge on any atom is -0.285 e. The number of hydrogen-bond acceptors (Lipinski definition) is 2. The van der Waals surface area contributed by atoms with Gasteiger partial charge in [0.2, 0.25) is 11.8 Å². The van der Waals surface area contributed by atoms with Gasteiger partial charge in [-0.15, -0.1) is 0 Å². The molecule has 1 aliphatic rings. The van der Waals surface area contributed by atoms with Crippen LogP contribution in [0.5, 0.6) is 0 Å². The number of imide groups is 1. The van der Waals surface area contributed by atoms with Gasteiger partial charge in [0.05, 0.1) is 5.92 Å². The molecule has 1 rings (SSSR count). The molecular formula is C6H8INO2. The number of nitrogens with zero attached hydrogens (tertiary/aromatic N) is 1. The maximum absolute atomic E-state index is 11.0. The number of alkyl halides is 1. The van der Waals surface area contributed by atoms with Gasteiger partial charge >= 0.3 is 0 Å². The van der Waals surface area contributed by atoms with Crippen molar-refractivity contribution in [3.63, 3.8) is 0 Å². The zero-order valence-electron chi connectivity index (χ0n) is 5.80. The highest BCUT2D eigenvalue weighted by atomic mass is 127. The standard InChI is InChI=1S/C6H8INO2/c1-3-4(7)6(10)8(2)5(3)9/h3-4H,1-2H3. The van der Waals surface area contributed by atoms with E-state index in [0.29, 0.717) is 0 Å². The van der Waals surface area contributed by atoms with Crippen molar-refractivity contribution in [2.24, 2.45) is 5.92 Å². The van der Waals surface area contributed by atoms with Crippen molar-refractivity contribution < 1.29 is 9.59 Å². The molecule has 56 valence electrons. The van der Waals surface area contributed by atoms with Crippen LogP contribution in [-0.2, 0) is 9.59 Å². The number of carbonyl (C=O) groups excluding carboxylic acids is 2. The van der Waals surface area contributed by atoms with Crippen LogP contribution in [-0.4, -0.2) is 27.7 Å². The number of rotatable bonds is 0. The number of carbonyl (C=O) groups is 2. The van der Waals surface area contributed by atoms with Gasteiger partial charge < -0.3 is 0 Å². The summed E-state index contributed by atoms with van der Waals surface area (Å²) in [6, 6.07) is 0. The van der Waals surface area contributed by atoms with Crippen LogP contribution in [0.2, 0.25) is 0 Å². The quantitative estimate of drug-likeness (QED) is 0.356. The number of likely N-dealkylation sites (tertiary alicyclic amines) is 1. The van der Waals surface area contributed by atoms with Gasteiger partial charge in [-0.2, -0.15) is 0 Å². The predicted octanol–water partition coefficient (Wildman–Crippen LogP) is 0.425. The Labute approximate surface area is 72.9 Å². The maximum Gasteiger partial charge on any atom is 0.242 e. The minimum absolute atomic E-state index is 0.0654. The number of halogens is 1. The minimum atomic E-state index is -0.157. The zero-order chi connectivity index (χ0) is 7.89. The highest BCUT2D eigenvalue weighted by Gasteiger charge is 2.41. The van der Waals surface area contributed by atoms with Crippen LogP contribution >= 0.6 is 22.6 Å². The molecule has 1 heterocycles. The van der Waals surface area contributed by atoms with Gasteiger partial charge in [-0.1, -0.05) is 29.5 Å². The molecule has 2 unspecified atom stereocenters. The first-order valence-electron chi connectivity index (χ1n) is 3.01. The fourth-order valence-corrected chi connectivity index (χ4v) is 1.66. The van der Waals surface area contributed by atoms with E-state index >= 15 is 0 Å². The van der Waals surface area contributed by atoms with Gasteiger partial charge in [-0.05, 0) is 0 Å². The summed E-state index contributed by atoms with van der Waals surface area (Å²) in [4.78, 5) is 23.2. The third kappa shape index (κ3) is 0.941. The maximum atomic E-state index is 11.0. The predicted molar refractivity (Wildman–Crippen MR) is 44.7 cm³/mol. The summed E-state index contributed by atoms with van der Waals surface area (Å²) >= 11 is 2.00. The van der Waals surface area contributed by atoms with Crippen molar-refractivity contribution in [1.82, 2.24) is 4.90 Å². The number of amides is 2. The SMILES string of the molecule is CC1C(=O)N(C)C(=O)C1I. The summed E-state index contributed by atoms with van der Waals surface area (Å²) < 4.78 is -0.157. The highest BCUT2D eigenvalue weighted by molar-refractivity contribution is 14.1. The smallest absolute Gasteiger partial charge is 0.242 e. The third-order valence-electron chi connectivity index (χ3n) is 1.73. The summed E-state index contributed by atoms with van der Waals surface area (Å²) in [7, 11) is 1.53. The van der Waals surface area contributed by atoms with Crippen LogP contribution < -0.4 is 0 Å². The molecule has 2 atom stereocenters. The molecule has 0 spiro atoms. The van der Waals surface area contributed by atoms with E-state index in [1.165, 1.54) is 11.9 Å². The molecule has 1 saturated heterocycles. The number of hydrogen-bond donors (Lipinski definition) is 0. The summed E-state index contributed by atoms with van der Waals surface area (Å²) in [5.41, 5.74) is 0. The lowest BCUT2D eigenvalue weighted by atomic mass is 10.1. The van der Waals surface area contributed by atoms with Gasteiger partial charge in [0, 0.05) is 7.05 Å². The molecule has 0 aliphatic carbocycles. The lowest BCUT2D eigenvalue weighted by molar-refractivity contribution is -0.137. The Morgan fingerprint density at radius 2 is 1.90 bits per heavy atom. The normalized spacial score (nSPS) is 33.7. The van der Waals surface area contributed by atoms with E-state index in [4.69, 9.17) is 0 Å². The lowest BCUT2D eigenvalue weighted by Crippen LogP contribution is -2.25. The van der Waals surface area contributed by atoms with Crippen molar-refractivity contribution in [2.75, 3.05) is 7.05 Å². The molecule has 0 aromatic heterocycles. The molecule has 0 aromatic rings. The first-order valence-corrected chi connectivity index (χ1v) is 4.25. The molecule has 0 bridgehead atoms. The second-order valence-electron chi connectivity index (χ2n) is 2.43. The van der Waals surface area contributed by atoms with Crippen molar-refractivity contribution in [3.8, 4) is 0 Å². The van der Waals surface area contributed by atoms with E-state index in [0.717, 1.165) is 0 Å². The average molecular weight is 253 g/mol. The second-order valence-corrected chi connectivity index (χ2v) is 3.77. The third-order valence-corrected chi connectivity index (χ3v) is 3.34. The zero-order valence-corrected chi connectivity index (χ0v) is 7.95. The fourth-order valence-electron chi connectivity index (χ4n) is 0.938. The molecule has 10 heavy (non-hydrogen) atoms. The Hall–Kier alpha value is -0.130. The van der Waals surface area contributed by atoms with Crippen LogP contribution in [0.3, 0.4) is 0 Å². The van der Waals surface area contributed by atoms with Crippen molar-refractivity contribution in [2.45, 2.75) is 10.8 Å². The summed E-state index contributed by atoms with van der Waals surface area (Å²) in [5.74, 6) is -0.277. The molecule has 2 amide bonds. The van der Waals surface area contributed by atoms with Gasteiger partial charge in [-0.25, -0.2) is 0 Å². The van der Waals surface area contributed by atoms with E-state index in [2.05, 4.69) is 0 Å². The Balaban J connectivity index is 2.89. The Morgan fingerprint density at radius 3 is 2.00 bits per heavy atom. The molecule has 1 aliphatic heterocycles. The van der Waals surface area contributed by atoms with Crippen molar-refractivity contribution >= 4 is 34.4 Å². The first kappa shape index (κ1) is 7.97. The van der Waals surface area contributed by atoms with E-state index in [9.17, 15) is 9.59 Å². The van der Waals surface area contributed by atoms with Gasteiger partial charge in [-0.3, -0.25) is 14.5 Å². The average Bonchev–Trinajstić information content (AvgIpc) is 2.07. The molecule has 0 aromatic carbocycles. The van der Waals surface area contributed by atoms with Crippen LogP contribution in [0.25, 0.3) is 0 Å². The molecule has 0 saturated carbocycles. The summed E-state index contributed by atoms with van der Waals surface area (Å²) in [6.45, 7) is 1.78. The van der Waals surface area contributed by atoms with Gasteiger partial charge in [0.1, 0.15) is 3.92 Å². The Morgan fingerprint density at radius 1 is 1.40 bits per heavy atom. The van der Waals surface area contributed by atoms with Crippen molar-refractivity contribution in [3.05, 3.63) is 0 Å². The lowest BCUT2D eigenvalue weighted by Gasteiger charge is -2.03. The molecule has 1 fully saturated rings. The van der Waals surface area contributed by atoms with Crippen LogP contribution in [0.1, 0.15) is 6.92 Å². The molecular weight excluding hydrogens is 245 g/mol. The summed E-state index contributed by atoms with van der Waals surface area (Å²) in [6.07, 6.45) is 0. The largest absolute Gasteiger partial charge is 0.285 e. The van der Waals surface area contributed by atoms with E-state index < -0.39 is 0 Å².